The van der Waals surface area contributed by atoms with Crippen LogP contribution in [-0.4, -0.2) is 49.1 Å². The molecule has 1 saturated heterocycles. The van der Waals surface area contributed by atoms with Gasteiger partial charge in [0.25, 0.3) is 0 Å². The van der Waals surface area contributed by atoms with Crippen LogP contribution in [0.15, 0.2) is 18.5 Å². The van der Waals surface area contributed by atoms with E-state index in [1.54, 1.807) is 6.20 Å². The lowest BCUT2D eigenvalue weighted by atomic mass is 10.1. The molecule has 0 radical (unpaired) electrons. The molecule has 1 amide bonds. The van der Waals surface area contributed by atoms with Crippen LogP contribution in [0.4, 0.5) is 0 Å². The number of aromatic nitrogens is 1. The van der Waals surface area contributed by atoms with E-state index in [1.807, 2.05) is 6.20 Å². The summed E-state index contributed by atoms with van der Waals surface area (Å²) in [4.78, 5) is 18.0. The van der Waals surface area contributed by atoms with E-state index in [0.29, 0.717) is 38.6 Å². The van der Waals surface area contributed by atoms with Gasteiger partial charge in [-0.05, 0) is 51.0 Å². The topological polar surface area (TPSA) is 80.5 Å². The Kier molecular flexibility index (Phi) is 6.61. The number of hydrogen-bond donors (Lipinski definition) is 2. The van der Waals surface area contributed by atoms with Crippen molar-refractivity contribution in [2.24, 2.45) is 5.73 Å². The van der Waals surface area contributed by atoms with Crippen molar-refractivity contribution in [1.82, 2.24) is 15.2 Å². The minimum atomic E-state index is 0.0218. The summed E-state index contributed by atoms with van der Waals surface area (Å²) in [5, 5.41) is 2.82. The fourth-order valence-electron chi connectivity index (χ4n) is 2.74. The number of nitrogens with one attached hydrogen (secondary N) is 1. The van der Waals surface area contributed by atoms with E-state index in [2.05, 4.69) is 28.3 Å². The first-order valence-corrected chi connectivity index (χ1v) is 7.95. The van der Waals surface area contributed by atoms with E-state index in [-0.39, 0.29) is 5.91 Å². The van der Waals surface area contributed by atoms with Gasteiger partial charge in [-0.25, -0.2) is 0 Å². The summed E-state index contributed by atoms with van der Waals surface area (Å²) >= 11 is 0. The normalized spacial score (nSPS) is 18.4. The zero-order valence-electron chi connectivity index (χ0n) is 13.3. The van der Waals surface area contributed by atoms with Crippen molar-refractivity contribution in [3.8, 4) is 5.75 Å². The number of hydrogen-bond acceptors (Lipinski definition) is 5. The van der Waals surface area contributed by atoms with Gasteiger partial charge in [-0.3, -0.25) is 14.7 Å². The Balaban J connectivity index is 1.75. The zero-order valence-corrected chi connectivity index (χ0v) is 13.3. The number of carbonyl (C=O) groups is 1. The predicted molar refractivity (Wildman–Crippen MR) is 85.6 cm³/mol. The van der Waals surface area contributed by atoms with Crippen LogP contribution < -0.4 is 15.8 Å². The molecule has 122 valence electrons. The maximum atomic E-state index is 11.4. The van der Waals surface area contributed by atoms with E-state index in [1.165, 1.54) is 18.4 Å². The third-order valence-corrected chi connectivity index (χ3v) is 3.94. The molecule has 1 fully saturated rings. The minimum Gasteiger partial charge on any atom is -0.490 e. The number of rotatable bonds is 8. The average Bonchev–Trinajstić information content (AvgIpc) is 2.96. The van der Waals surface area contributed by atoms with Crippen molar-refractivity contribution in [2.45, 2.75) is 31.7 Å². The maximum absolute atomic E-state index is 11.4. The summed E-state index contributed by atoms with van der Waals surface area (Å²) in [7, 11) is 2.14. The molecule has 0 saturated carbocycles. The third kappa shape index (κ3) is 4.96. The second-order valence-corrected chi connectivity index (χ2v) is 5.68. The van der Waals surface area contributed by atoms with Crippen LogP contribution in [0.25, 0.3) is 0 Å². The van der Waals surface area contributed by atoms with Gasteiger partial charge < -0.3 is 15.8 Å². The molecule has 0 aromatic carbocycles. The monoisotopic (exact) mass is 306 g/mol. The third-order valence-electron chi connectivity index (χ3n) is 3.94. The summed E-state index contributed by atoms with van der Waals surface area (Å²) in [6, 6.07) is 2.49. The van der Waals surface area contributed by atoms with Crippen molar-refractivity contribution < 1.29 is 9.53 Å². The SMILES string of the molecule is CN1CCCC1c1cncc(OCCNC(=O)CCCN)c1. The smallest absolute Gasteiger partial charge is 0.220 e. The Labute approximate surface area is 132 Å². The van der Waals surface area contributed by atoms with E-state index >= 15 is 0 Å². The predicted octanol–water partition coefficient (Wildman–Crippen LogP) is 1.08. The van der Waals surface area contributed by atoms with Crippen LogP contribution >= 0.6 is 0 Å². The lowest BCUT2D eigenvalue weighted by Gasteiger charge is -2.19. The molecule has 0 aliphatic carbocycles. The number of likely N-dealkylation sites (tertiary alicyclic amines) is 1. The van der Waals surface area contributed by atoms with E-state index < -0.39 is 0 Å². The van der Waals surface area contributed by atoms with Crippen molar-refractivity contribution in [3.63, 3.8) is 0 Å². The van der Waals surface area contributed by atoms with Gasteiger partial charge in [-0.15, -0.1) is 0 Å². The Morgan fingerprint density at radius 2 is 2.41 bits per heavy atom. The van der Waals surface area contributed by atoms with Crippen molar-refractivity contribution in [1.29, 1.82) is 0 Å². The van der Waals surface area contributed by atoms with Crippen LogP contribution in [0.2, 0.25) is 0 Å². The molecule has 2 rings (SSSR count). The quantitative estimate of drug-likeness (QED) is 0.703. The van der Waals surface area contributed by atoms with E-state index in [9.17, 15) is 4.79 Å². The Bertz CT molecular complexity index is 481. The van der Waals surface area contributed by atoms with Crippen LogP contribution in [0.1, 0.15) is 37.3 Å². The van der Waals surface area contributed by atoms with Gasteiger partial charge >= 0.3 is 0 Å². The number of amides is 1. The molecule has 0 bridgehead atoms. The van der Waals surface area contributed by atoms with Crippen LogP contribution in [-0.2, 0) is 4.79 Å². The van der Waals surface area contributed by atoms with Crippen molar-refractivity contribution >= 4 is 5.91 Å². The first kappa shape index (κ1) is 16.7. The number of nitrogens with zero attached hydrogens (tertiary/aromatic N) is 2. The summed E-state index contributed by atoms with van der Waals surface area (Å²) in [6.07, 6.45) is 7.21. The molecule has 22 heavy (non-hydrogen) atoms. The molecule has 6 nitrogen and oxygen atoms in total. The molecular weight excluding hydrogens is 280 g/mol. The fraction of sp³-hybridized carbons (Fsp3) is 0.625. The molecule has 1 unspecified atom stereocenters. The van der Waals surface area contributed by atoms with Crippen molar-refractivity contribution in [3.05, 3.63) is 24.0 Å². The first-order chi connectivity index (χ1) is 10.7. The highest BCUT2D eigenvalue weighted by atomic mass is 16.5. The highest BCUT2D eigenvalue weighted by molar-refractivity contribution is 5.75. The van der Waals surface area contributed by atoms with Gasteiger partial charge in [0, 0.05) is 18.7 Å². The van der Waals surface area contributed by atoms with E-state index in [0.717, 1.165) is 12.3 Å². The average molecular weight is 306 g/mol. The Morgan fingerprint density at radius 3 is 3.14 bits per heavy atom. The van der Waals surface area contributed by atoms with Gasteiger partial charge in [0.15, 0.2) is 0 Å². The summed E-state index contributed by atoms with van der Waals surface area (Å²) in [6.45, 7) is 2.61. The second-order valence-electron chi connectivity index (χ2n) is 5.68. The number of pyridine rings is 1. The molecule has 1 aliphatic heterocycles. The van der Waals surface area contributed by atoms with Gasteiger partial charge in [-0.2, -0.15) is 0 Å². The van der Waals surface area contributed by atoms with Crippen molar-refractivity contribution in [2.75, 3.05) is 33.3 Å². The standard InChI is InChI=1S/C16H26N4O2/c1-20-8-3-4-15(20)13-10-14(12-18-11-13)22-9-7-19-16(21)5-2-6-17/h10-12,15H,2-9,17H2,1H3,(H,19,21). The Hall–Kier alpha value is -1.66. The van der Waals surface area contributed by atoms with Gasteiger partial charge in [0.2, 0.25) is 5.91 Å². The van der Waals surface area contributed by atoms with Crippen LogP contribution in [0.5, 0.6) is 5.75 Å². The molecule has 2 heterocycles. The summed E-state index contributed by atoms with van der Waals surface area (Å²) in [5.74, 6) is 0.780. The van der Waals surface area contributed by atoms with Crippen LogP contribution in [0.3, 0.4) is 0 Å². The largest absolute Gasteiger partial charge is 0.490 e. The van der Waals surface area contributed by atoms with E-state index in [4.69, 9.17) is 10.5 Å². The Morgan fingerprint density at radius 1 is 1.55 bits per heavy atom. The lowest BCUT2D eigenvalue weighted by molar-refractivity contribution is -0.121. The molecule has 1 atom stereocenters. The second kappa shape index (κ2) is 8.70. The molecule has 0 spiro atoms. The van der Waals surface area contributed by atoms with Gasteiger partial charge in [0.05, 0.1) is 12.7 Å². The fourth-order valence-corrected chi connectivity index (χ4v) is 2.74. The first-order valence-electron chi connectivity index (χ1n) is 7.95. The van der Waals surface area contributed by atoms with Gasteiger partial charge in [-0.1, -0.05) is 0 Å². The molecule has 1 aromatic heterocycles. The zero-order chi connectivity index (χ0) is 15.8. The molecule has 1 aromatic rings. The van der Waals surface area contributed by atoms with Gasteiger partial charge in [0.1, 0.15) is 12.4 Å². The lowest BCUT2D eigenvalue weighted by Crippen LogP contribution is -2.28. The highest BCUT2D eigenvalue weighted by Gasteiger charge is 2.22. The highest BCUT2D eigenvalue weighted by Crippen LogP contribution is 2.31. The number of ether oxygens (including phenoxy) is 1. The van der Waals surface area contributed by atoms with Crippen LogP contribution in [0, 0.1) is 0 Å². The molecule has 6 heteroatoms. The minimum absolute atomic E-state index is 0.0218. The molecule has 1 aliphatic rings. The summed E-state index contributed by atoms with van der Waals surface area (Å²) < 4.78 is 5.68. The number of carbonyl (C=O) groups excluding carboxylic acids is 1. The molecule has 3 N–H and O–H groups in total. The maximum Gasteiger partial charge on any atom is 0.220 e. The number of nitrogens with two attached hydrogens (primary N) is 1. The molecular formula is C16H26N4O2. The summed E-state index contributed by atoms with van der Waals surface area (Å²) in [5.41, 5.74) is 6.57.